The molecule has 1 aliphatic rings. The summed E-state index contributed by atoms with van der Waals surface area (Å²) in [7, 11) is 0. The van der Waals surface area contributed by atoms with Gasteiger partial charge in [-0.2, -0.15) is 0 Å². The summed E-state index contributed by atoms with van der Waals surface area (Å²) in [4.78, 5) is 29.1. The molecule has 0 radical (unpaired) electrons. The van der Waals surface area contributed by atoms with Crippen LogP contribution in [0.4, 0.5) is 5.69 Å². The minimum absolute atomic E-state index is 0.00716. The predicted octanol–water partition coefficient (Wildman–Crippen LogP) is 1.81. The first-order valence-corrected chi connectivity index (χ1v) is 9.75. The van der Waals surface area contributed by atoms with Gasteiger partial charge in [-0.15, -0.1) is 10.2 Å². The van der Waals surface area contributed by atoms with E-state index in [0.29, 0.717) is 36.9 Å². The number of para-hydroxylation sites is 1. The summed E-state index contributed by atoms with van der Waals surface area (Å²) in [6.45, 7) is 4.72. The van der Waals surface area contributed by atoms with E-state index in [1.54, 1.807) is 17.2 Å². The van der Waals surface area contributed by atoms with Crippen LogP contribution in [-0.4, -0.2) is 51.8 Å². The van der Waals surface area contributed by atoms with Crippen LogP contribution in [0.25, 0.3) is 11.5 Å². The van der Waals surface area contributed by atoms with Crippen molar-refractivity contribution in [3.05, 3.63) is 64.9 Å². The zero-order valence-corrected chi connectivity index (χ0v) is 16.3. The van der Waals surface area contributed by atoms with E-state index in [1.165, 1.54) is 10.6 Å². The molecule has 1 saturated heterocycles. The number of hydrogen-bond acceptors (Lipinski definition) is 6. The van der Waals surface area contributed by atoms with Gasteiger partial charge in [0.1, 0.15) is 6.54 Å². The average Bonchev–Trinajstić information content (AvgIpc) is 3.25. The van der Waals surface area contributed by atoms with Crippen molar-refractivity contribution in [3.8, 4) is 11.5 Å². The number of anilines is 1. The van der Waals surface area contributed by atoms with E-state index in [-0.39, 0.29) is 18.0 Å². The molecule has 1 aliphatic heterocycles. The average molecular weight is 393 g/mol. The highest BCUT2D eigenvalue weighted by atomic mass is 16.4. The summed E-state index contributed by atoms with van der Waals surface area (Å²) in [6, 6.07) is 13.2. The Kier molecular flexibility index (Phi) is 5.41. The maximum Gasteiger partial charge on any atom is 0.251 e. The second-order valence-corrected chi connectivity index (χ2v) is 6.94. The van der Waals surface area contributed by atoms with Crippen LogP contribution in [0.1, 0.15) is 12.8 Å². The lowest BCUT2D eigenvalue weighted by atomic mass is 10.2. The molecule has 3 aromatic rings. The number of nitrogens with zero attached hydrogens (tertiary/aromatic N) is 5. The van der Waals surface area contributed by atoms with Crippen LogP contribution in [0.5, 0.6) is 0 Å². The van der Waals surface area contributed by atoms with Crippen molar-refractivity contribution in [3.63, 3.8) is 0 Å². The first kappa shape index (κ1) is 18.9. The molecule has 1 fully saturated rings. The van der Waals surface area contributed by atoms with Gasteiger partial charge in [0.25, 0.3) is 5.56 Å². The normalized spacial score (nSPS) is 14.2. The zero-order chi connectivity index (χ0) is 20.2. The van der Waals surface area contributed by atoms with Gasteiger partial charge in [0, 0.05) is 50.6 Å². The quantitative estimate of drug-likeness (QED) is 0.657. The molecule has 3 heterocycles. The van der Waals surface area contributed by atoms with Crippen LogP contribution in [0.15, 0.2) is 57.9 Å². The number of piperazine rings is 1. The van der Waals surface area contributed by atoms with Crippen molar-refractivity contribution in [1.29, 1.82) is 0 Å². The van der Waals surface area contributed by atoms with Gasteiger partial charge in [-0.05, 0) is 18.2 Å². The van der Waals surface area contributed by atoms with Crippen LogP contribution in [0.2, 0.25) is 0 Å². The molecule has 0 bridgehead atoms. The van der Waals surface area contributed by atoms with Crippen LogP contribution in [-0.2, 0) is 17.8 Å². The highest BCUT2D eigenvalue weighted by Gasteiger charge is 2.22. The third kappa shape index (κ3) is 4.21. The van der Waals surface area contributed by atoms with Gasteiger partial charge in [0.2, 0.25) is 17.7 Å². The molecule has 0 aliphatic carbocycles. The number of aromatic nitrogens is 3. The summed E-state index contributed by atoms with van der Waals surface area (Å²) < 4.78 is 6.95. The van der Waals surface area contributed by atoms with Gasteiger partial charge < -0.3 is 18.8 Å². The van der Waals surface area contributed by atoms with Gasteiger partial charge >= 0.3 is 0 Å². The molecule has 0 atom stereocenters. The smallest absolute Gasteiger partial charge is 0.251 e. The maximum absolute atomic E-state index is 12.8. The second kappa shape index (κ2) is 8.30. The molecule has 0 unspecified atom stereocenters. The van der Waals surface area contributed by atoms with Gasteiger partial charge in [-0.25, -0.2) is 0 Å². The van der Waals surface area contributed by atoms with Crippen LogP contribution in [0, 0.1) is 0 Å². The predicted molar refractivity (Wildman–Crippen MR) is 109 cm³/mol. The number of pyridine rings is 1. The highest BCUT2D eigenvalue weighted by molar-refractivity contribution is 5.76. The molecule has 4 rings (SSSR count). The lowest BCUT2D eigenvalue weighted by Crippen LogP contribution is -2.50. The number of aryl methyl sites for hydroxylation is 1. The van der Waals surface area contributed by atoms with E-state index in [9.17, 15) is 9.59 Å². The van der Waals surface area contributed by atoms with Crippen molar-refractivity contribution in [2.24, 2.45) is 0 Å². The molecule has 8 nitrogen and oxygen atoms in total. The number of carbonyl (C=O) groups excluding carboxylic acids is 1. The lowest BCUT2D eigenvalue weighted by molar-refractivity contribution is -0.132. The van der Waals surface area contributed by atoms with Gasteiger partial charge in [0.15, 0.2) is 0 Å². The van der Waals surface area contributed by atoms with Gasteiger partial charge in [0.05, 0.1) is 5.56 Å². The fourth-order valence-electron chi connectivity index (χ4n) is 3.39. The molecular weight excluding hydrogens is 370 g/mol. The number of hydrogen-bond donors (Lipinski definition) is 0. The molecule has 8 heteroatoms. The maximum atomic E-state index is 12.8. The molecule has 0 spiro atoms. The van der Waals surface area contributed by atoms with E-state index in [0.717, 1.165) is 18.8 Å². The molecule has 1 amide bonds. The Balaban J connectivity index is 1.42. The van der Waals surface area contributed by atoms with Crippen molar-refractivity contribution < 1.29 is 9.21 Å². The minimum atomic E-state index is -0.236. The van der Waals surface area contributed by atoms with Crippen LogP contribution < -0.4 is 10.5 Å². The van der Waals surface area contributed by atoms with Gasteiger partial charge in [-0.3, -0.25) is 9.59 Å². The van der Waals surface area contributed by atoms with E-state index in [1.807, 2.05) is 25.1 Å². The third-order valence-corrected chi connectivity index (χ3v) is 5.06. The first-order chi connectivity index (χ1) is 14.1. The zero-order valence-electron chi connectivity index (χ0n) is 16.3. The molecule has 2 aromatic heterocycles. The number of rotatable bonds is 5. The molecule has 0 N–H and O–H groups in total. The minimum Gasteiger partial charge on any atom is -0.421 e. The number of benzene rings is 1. The molecular formula is C21H23N5O3. The Morgan fingerprint density at radius 2 is 1.79 bits per heavy atom. The summed E-state index contributed by atoms with van der Waals surface area (Å²) in [5.41, 5.74) is 1.55. The summed E-state index contributed by atoms with van der Waals surface area (Å²) in [5, 5.41) is 7.95. The Hall–Kier alpha value is -3.42. The SMILES string of the molecule is CCc1nnc(-c2ccc(=O)n(CC(=O)N3CCN(c4ccccc4)CC3)c2)o1. The fraction of sp³-hybridized carbons (Fsp3) is 0.333. The number of amides is 1. The van der Waals surface area contributed by atoms with Crippen molar-refractivity contribution >= 4 is 11.6 Å². The van der Waals surface area contributed by atoms with Crippen molar-refractivity contribution in [1.82, 2.24) is 19.7 Å². The Labute approximate surface area is 168 Å². The van der Waals surface area contributed by atoms with Crippen LogP contribution in [0.3, 0.4) is 0 Å². The van der Waals surface area contributed by atoms with Gasteiger partial charge in [-0.1, -0.05) is 25.1 Å². The van der Waals surface area contributed by atoms with E-state index < -0.39 is 0 Å². The van der Waals surface area contributed by atoms with E-state index >= 15 is 0 Å². The second-order valence-electron chi connectivity index (χ2n) is 6.94. The Morgan fingerprint density at radius 1 is 1.03 bits per heavy atom. The van der Waals surface area contributed by atoms with E-state index in [4.69, 9.17) is 4.42 Å². The third-order valence-electron chi connectivity index (χ3n) is 5.06. The summed E-state index contributed by atoms with van der Waals surface area (Å²) in [5.74, 6) is 0.807. The van der Waals surface area contributed by atoms with E-state index in [2.05, 4.69) is 27.2 Å². The topological polar surface area (TPSA) is 84.5 Å². The fourth-order valence-corrected chi connectivity index (χ4v) is 3.39. The summed E-state index contributed by atoms with van der Waals surface area (Å²) in [6.07, 6.45) is 2.24. The van der Waals surface area contributed by atoms with Crippen molar-refractivity contribution in [2.45, 2.75) is 19.9 Å². The number of carbonyl (C=O) groups is 1. The monoisotopic (exact) mass is 393 g/mol. The molecule has 29 heavy (non-hydrogen) atoms. The van der Waals surface area contributed by atoms with Crippen LogP contribution >= 0.6 is 0 Å². The molecule has 150 valence electrons. The Morgan fingerprint density at radius 3 is 2.48 bits per heavy atom. The van der Waals surface area contributed by atoms with Crippen molar-refractivity contribution in [2.75, 3.05) is 31.1 Å². The standard InChI is InChI=1S/C21H23N5O3/c1-2-18-22-23-21(29-18)16-8-9-19(27)26(14-16)15-20(28)25-12-10-24(11-13-25)17-6-4-3-5-7-17/h3-9,14H,2,10-13,15H2,1H3. The first-order valence-electron chi connectivity index (χ1n) is 9.75. The Bertz CT molecular complexity index is 1040. The lowest BCUT2D eigenvalue weighted by Gasteiger charge is -2.36. The molecule has 0 saturated carbocycles. The largest absolute Gasteiger partial charge is 0.421 e. The summed E-state index contributed by atoms with van der Waals surface area (Å²) >= 11 is 0. The molecule has 1 aromatic carbocycles. The highest BCUT2D eigenvalue weighted by Crippen LogP contribution is 2.17.